The van der Waals surface area contributed by atoms with E-state index in [4.69, 9.17) is 5.21 Å². The first-order valence-corrected chi connectivity index (χ1v) is 9.05. The molecule has 0 radical (unpaired) electrons. The molecule has 0 heterocycles. The van der Waals surface area contributed by atoms with Crippen LogP contribution in [0.25, 0.3) is 17.2 Å². The van der Waals surface area contributed by atoms with E-state index in [-0.39, 0.29) is 12.2 Å². The SMILES string of the molecule is CSc1ccc(/C=C2\C(C)=C(CC(=O)NO)c3cc(F)ccc32)cc1. The fourth-order valence-corrected chi connectivity index (χ4v) is 3.46. The molecule has 0 saturated heterocycles. The number of fused-ring (bicyclic) bond motifs is 1. The van der Waals surface area contributed by atoms with Crippen LogP contribution < -0.4 is 5.48 Å². The summed E-state index contributed by atoms with van der Waals surface area (Å²) in [4.78, 5) is 12.8. The van der Waals surface area contributed by atoms with Gasteiger partial charge in [0.25, 0.3) is 0 Å². The van der Waals surface area contributed by atoms with Gasteiger partial charge in [0.2, 0.25) is 5.91 Å². The van der Waals surface area contributed by atoms with Crippen LogP contribution in [0.15, 0.2) is 52.9 Å². The average molecular weight is 355 g/mol. The maximum absolute atomic E-state index is 13.7. The van der Waals surface area contributed by atoms with Crippen LogP contribution >= 0.6 is 11.8 Å². The maximum Gasteiger partial charge on any atom is 0.247 e. The number of allylic oxidation sites excluding steroid dienone is 2. The maximum atomic E-state index is 13.7. The van der Waals surface area contributed by atoms with Crippen LogP contribution in [0.2, 0.25) is 0 Å². The molecule has 3 rings (SSSR count). The number of hydrogen-bond acceptors (Lipinski definition) is 3. The molecule has 0 saturated carbocycles. The minimum absolute atomic E-state index is 0.00153. The van der Waals surface area contributed by atoms with Crippen molar-refractivity contribution in [2.24, 2.45) is 0 Å². The van der Waals surface area contributed by atoms with Gasteiger partial charge in [-0.2, -0.15) is 0 Å². The lowest BCUT2D eigenvalue weighted by Crippen LogP contribution is -2.18. The predicted octanol–water partition coefficient (Wildman–Crippen LogP) is 4.77. The van der Waals surface area contributed by atoms with Crippen LogP contribution in [0.5, 0.6) is 0 Å². The number of halogens is 1. The van der Waals surface area contributed by atoms with Crippen LogP contribution in [0.3, 0.4) is 0 Å². The number of rotatable bonds is 4. The highest BCUT2D eigenvalue weighted by Crippen LogP contribution is 2.43. The van der Waals surface area contributed by atoms with Crippen LogP contribution in [-0.2, 0) is 4.79 Å². The van der Waals surface area contributed by atoms with Gasteiger partial charge in [0.15, 0.2) is 0 Å². The molecule has 1 amide bonds. The first-order chi connectivity index (χ1) is 12.0. The van der Waals surface area contributed by atoms with Gasteiger partial charge in [0, 0.05) is 4.90 Å². The molecule has 0 aliphatic heterocycles. The van der Waals surface area contributed by atoms with E-state index in [1.807, 2.05) is 31.4 Å². The fourth-order valence-electron chi connectivity index (χ4n) is 3.05. The summed E-state index contributed by atoms with van der Waals surface area (Å²) in [6.07, 6.45) is 4.07. The average Bonchev–Trinajstić information content (AvgIpc) is 2.87. The number of carbonyl (C=O) groups is 1. The summed E-state index contributed by atoms with van der Waals surface area (Å²) in [6.45, 7) is 1.92. The van der Waals surface area contributed by atoms with Crippen molar-refractivity contribution < 1.29 is 14.4 Å². The van der Waals surface area contributed by atoms with Crippen molar-refractivity contribution in [1.82, 2.24) is 5.48 Å². The van der Waals surface area contributed by atoms with Crippen LogP contribution in [0.1, 0.15) is 30.0 Å². The zero-order valence-electron chi connectivity index (χ0n) is 14.0. The number of carbonyl (C=O) groups excluding carboxylic acids is 1. The van der Waals surface area contributed by atoms with E-state index in [2.05, 4.69) is 12.1 Å². The molecule has 2 N–H and O–H groups in total. The second-order valence-corrected chi connectivity index (χ2v) is 6.72. The Balaban J connectivity index is 2.09. The minimum atomic E-state index is -0.518. The predicted molar refractivity (Wildman–Crippen MR) is 99.6 cm³/mol. The highest BCUT2D eigenvalue weighted by atomic mass is 32.2. The molecule has 1 aliphatic carbocycles. The van der Waals surface area contributed by atoms with Gasteiger partial charge < -0.3 is 0 Å². The normalized spacial score (nSPS) is 14.8. The monoisotopic (exact) mass is 355 g/mol. The van der Waals surface area contributed by atoms with Crippen molar-refractivity contribution in [3.05, 3.63) is 70.5 Å². The largest absolute Gasteiger partial charge is 0.289 e. The van der Waals surface area contributed by atoms with Gasteiger partial charge in [0.1, 0.15) is 5.82 Å². The van der Waals surface area contributed by atoms with Gasteiger partial charge in [-0.1, -0.05) is 18.2 Å². The number of hydrogen-bond donors (Lipinski definition) is 2. The van der Waals surface area contributed by atoms with E-state index < -0.39 is 5.91 Å². The fraction of sp³-hybridized carbons (Fsp3) is 0.150. The second kappa shape index (κ2) is 7.25. The molecular formula is C20H18FNO2S. The summed E-state index contributed by atoms with van der Waals surface area (Å²) < 4.78 is 13.7. The summed E-state index contributed by atoms with van der Waals surface area (Å²) in [5.74, 6) is -0.867. The van der Waals surface area contributed by atoms with E-state index in [9.17, 15) is 9.18 Å². The quantitative estimate of drug-likeness (QED) is 0.472. The summed E-state index contributed by atoms with van der Waals surface area (Å²) in [6, 6.07) is 12.8. The van der Waals surface area contributed by atoms with Crippen LogP contribution in [-0.4, -0.2) is 17.4 Å². The molecule has 0 spiro atoms. The lowest BCUT2D eigenvalue weighted by Gasteiger charge is -2.05. The zero-order valence-corrected chi connectivity index (χ0v) is 14.8. The lowest BCUT2D eigenvalue weighted by atomic mass is 10.0. The Hall–Kier alpha value is -2.37. The van der Waals surface area contributed by atoms with Crippen molar-refractivity contribution in [3.63, 3.8) is 0 Å². The van der Waals surface area contributed by atoms with Gasteiger partial charge in [-0.05, 0) is 76.9 Å². The molecular weight excluding hydrogens is 337 g/mol. The van der Waals surface area contributed by atoms with Crippen molar-refractivity contribution in [1.29, 1.82) is 0 Å². The standard InChI is InChI=1S/C20H18FNO2S/c1-12-17(9-13-3-6-15(25-2)7-4-13)16-8-5-14(21)10-19(16)18(12)11-20(23)22-24/h3-10,24H,11H2,1-2H3,(H,22,23)/b17-9+. The molecule has 3 nitrogen and oxygen atoms in total. The third kappa shape index (κ3) is 3.52. The van der Waals surface area contributed by atoms with E-state index in [1.165, 1.54) is 17.0 Å². The summed E-state index contributed by atoms with van der Waals surface area (Å²) >= 11 is 1.68. The van der Waals surface area contributed by atoms with E-state index >= 15 is 0 Å². The van der Waals surface area contributed by atoms with Gasteiger partial charge in [-0.15, -0.1) is 11.8 Å². The molecule has 1 aliphatic rings. The van der Waals surface area contributed by atoms with Crippen molar-refractivity contribution in [2.75, 3.05) is 6.26 Å². The van der Waals surface area contributed by atoms with Crippen molar-refractivity contribution >= 4 is 34.9 Å². The lowest BCUT2D eigenvalue weighted by molar-refractivity contribution is -0.128. The molecule has 0 bridgehead atoms. The molecule has 0 unspecified atom stereocenters. The summed E-state index contributed by atoms with van der Waals surface area (Å²) in [7, 11) is 0. The van der Waals surface area contributed by atoms with Gasteiger partial charge in [-0.3, -0.25) is 10.0 Å². The molecule has 128 valence electrons. The number of hydroxylamine groups is 1. The Morgan fingerprint density at radius 3 is 2.56 bits per heavy atom. The topological polar surface area (TPSA) is 49.3 Å². The van der Waals surface area contributed by atoms with E-state index in [0.29, 0.717) is 5.56 Å². The van der Waals surface area contributed by atoms with Gasteiger partial charge in [0.05, 0.1) is 6.42 Å². The summed E-state index contributed by atoms with van der Waals surface area (Å²) in [5.41, 5.74) is 6.89. The Bertz CT molecular complexity index is 885. The number of nitrogens with one attached hydrogen (secondary N) is 1. The zero-order chi connectivity index (χ0) is 18.0. The Morgan fingerprint density at radius 2 is 1.92 bits per heavy atom. The third-order valence-electron chi connectivity index (χ3n) is 4.34. The number of amides is 1. The smallest absolute Gasteiger partial charge is 0.247 e. The Kier molecular flexibility index (Phi) is 5.06. The van der Waals surface area contributed by atoms with Crippen molar-refractivity contribution in [2.45, 2.75) is 18.2 Å². The highest BCUT2D eigenvalue weighted by molar-refractivity contribution is 7.98. The molecule has 5 heteroatoms. The highest BCUT2D eigenvalue weighted by Gasteiger charge is 2.25. The molecule has 0 atom stereocenters. The minimum Gasteiger partial charge on any atom is -0.289 e. The Morgan fingerprint density at radius 1 is 1.20 bits per heavy atom. The molecule has 2 aromatic rings. The molecule has 0 fully saturated rings. The van der Waals surface area contributed by atoms with Crippen LogP contribution in [0, 0.1) is 5.82 Å². The number of thioether (sulfide) groups is 1. The van der Waals surface area contributed by atoms with Crippen LogP contribution in [0.4, 0.5) is 4.39 Å². The molecule has 2 aromatic carbocycles. The molecule has 0 aromatic heterocycles. The summed E-state index contributed by atoms with van der Waals surface area (Å²) in [5, 5.41) is 8.82. The first kappa shape index (κ1) is 17.5. The second-order valence-electron chi connectivity index (χ2n) is 5.84. The van der Waals surface area contributed by atoms with Gasteiger partial charge >= 0.3 is 0 Å². The third-order valence-corrected chi connectivity index (χ3v) is 5.09. The van der Waals surface area contributed by atoms with E-state index in [0.717, 1.165) is 27.8 Å². The van der Waals surface area contributed by atoms with E-state index in [1.54, 1.807) is 23.3 Å². The Labute approximate surface area is 150 Å². The molecule has 25 heavy (non-hydrogen) atoms. The number of benzene rings is 2. The van der Waals surface area contributed by atoms with Crippen molar-refractivity contribution in [3.8, 4) is 0 Å². The van der Waals surface area contributed by atoms with Gasteiger partial charge in [-0.25, -0.2) is 9.87 Å². The first-order valence-electron chi connectivity index (χ1n) is 7.82.